The Balaban J connectivity index is 1.25. The van der Waals surface area contributed by atoms with Crippen LogP contribution in [0.4, 0.5) is 0 Å². The van der Waals surface area contributed by atoms with Crippen molar-refractivity contribution in [2.45, 2.75) is 11.6 Å². The first kappa shape index (κ1) is 27.6. The van der Waals surface area contributed by atoms with Gasteiger partial charge in [-0.1, -0.05) is 116 Å². The van der Waals surface area contributed by atoms with Gasteiger partial charge in [0.25, 0.3) is 0 Å². The monoisotopic (exact) mass is 590 g/mol. The van der Waals surface area contributed by atoms with Crippen molar-refractivity contribution in [3.63, 3.8) is 0 Å². The predicted molar refractivity (Wildman–Crippen MR) is 188 cm³/mol. The van der Waals surface area contributed by atoms with Crippen LogP contribution in [0.2, 0.25) is 0 Å². The van der Waals surface area contributed by atoms with Crippen LogP contribution in [0, 0.1) is 11.3 Å². The maximum Gasteiger partial charge on any atom is 0.135 e. The Hall–Kier alpha value is -5.95. The molecule has 1 saturated heterocycles. The largest absolute Gasteiger partial charge is 0.456 e. The molecule has 0 bridgehead atoms. The van der Waals surface area contributed by atoms with Crippen LogP contribution in [-0.4, -0.2) is 0 Å². The summed E-state index contributed by atoms with van der Waals surface area (Å²) in [5, 5.41) is 15.7. The van der Waals surface area contributed by atoms with Crippen LogP contribution >= 0.6 is 0 Å². The topological polar surface area (TPSA) is 58.9 Å². The Morgan fingerprint density at radius 1 is 0.696 bits per heavy atom. The quantitative estimate of drug-likeness (QED) is 0.148. The van der Waals surface area contributed by atoms with E-state index in [9.17, 15) is 5.26 Å². The van der Waals surface area contributed by atoms with Crippen LogP contribution in [0.5, 0.6) is 0 Å². The summed E-state index contributed by atoms with van der Waals surface area (Å²) in [6, 6.07) is 50.6. The third-order valence-electron chi connectivity index (χ3n) is 9.25. The summed E-state index contributed by atoms with van der Waals surface area (Å²) >= 11 is 0. The highest BCUT2D eigenvalue weighted by atomic mass is 16.3. The number of rotatable bonds is 7. The second-order valence-corrected chi connectivity index (χ2v) is 11.9. The average Bonchev–Trinajstić information content (AvgIpc) is 3.78. The van der Waals surface area contributed by atoms with Gasteiger partial charge in [0.1, 0.15) is 11.2 Å². The van der Waals surface area contributed by atoms with Crippen LogP contribution in [0.1, 0.15) is 33.9 Å². The SMILES string of the molecule is C=CC(=C)c1cccc(-c2cccc(-c3ccc4oc5cccc(C6NC6(c6ccccc6)c6cccc(C#N)c6)c5c4c3)c2)c1. The van der Waals surface area contributed by atoms with Crippen LogP contribution in [0.15, 0.2) is 163 Å². The number of nitriles is 1. The molecule has 1 aliphatic heterocycles. The van der Waals surface area contributed by atoms with Gasteiger partial charge in [-0.05, 0) is 92.5 Å². The minimum atomic E-state index is -0.455. The van der Waals surface area contributed by atoms with Gasteiger partial charge in [0.05, 0.1) is 23.2 Å². The molecule has 1 aromatic heterocycles. The molecule has 0 radical (unpaired) electrons. The van der Waals surface area contributed by atoms with Gasteiger partial charge in [0, 0.05) is 10.8 Å². The highest BCUT2D eigenvalue weighted by Gasteiger charge is 2.57. The zero-order valence-electron chi connectivity index (χ0n) is 25.2. The molecule has 3 heteroatoms. The van der Waals surface area contributed by atoms with Crippen molar-refractivity contribution < 1.29 is 4.42 Å². The fourth-order valence-corrected chi connectivity index (χ4v) is 6.87. The molecule has 2 atom stereocenters. The Morgan fingerprint density at radius 2 is 1.39 bits per heavy atom. The van der Waals surface area contributed by atoms with Gasteiger partial charge in [-0.15, -0.1) is 0 Å². The van der Waals surface area contributed by atoms with E-state index in [0.29, 0.717) is 5.56 Å². The van der Waals surface area contributed by atoms with Crippen LogP contribution in [0.3, 0.4) is 0 Å². The molecule has 1 fully saturated rings. The normalized spacial score (nSPS) is 17.1. The summed E-state index contributed by atoms with van der Waals surface area (Å²) in [6.07, 6.45) is 1.79. The van der Waals surface area contributed by atoms with Crippen molar-refractivity contribution in [3.8, 4) is 28.3 Å². The number of hydrogen-bond donors (Lipinski definition) is 1. The lowest BCUT2D eigenvalue weighted by atomic mass is 9.83. The van der Waals surface area contributed by atoms with E-state index in [-0.39, 0.29) is 6.04 Å². The molecule has 2 unspecified atom stereocenters. The first-order valence-electron chi connectivity index (χ1n) is 15.4. The second-order valence-electron chi connectivity index (χ2n) is 11.9. The molecule has 0 spiro atoms. The van der Waals surface area contributed by atoms with E-state index < -0.39 is 5.54 Å². The van der Waals surface area contributed by atoms with E-state index >= 15 is 0 Å². The van der Waals surface area contributed by atoms with E-state index in [4.69, 9.17) is 4.42 Å². The van der Waals surface area contributed by atoms with Gasteiger partial charge in [0.2, 0.25) is 0 Å². The summed E-state index contributed by atoms with van der Waals surface area (Å²) in [6.45, 7) is 8.00. The number of furan rings is 1. The van der Waals surface area contributed by atoms with Crippen LogP contribution in [0.25, 0.3) is 49.8 Å². The minimum absolute atomic E-state index is 0.00193. The standard InChI is InChI=1S/C43H30N2O/c1-3-28(2)30-12-8-13-31(24-30)32-14-9-15-33(25-32)34-21-22-39-38(26-34)41-37(19-10-20-40(41)46-39)42-43(45-42,35-16-5-4-6-17-35)36-18-7-11-29(23-36)27-44/h3-26,42,45H,1-2H2. The van der Waals surface area contributed by atoms with Crippen molar-refractivity contribution in [2.24, 2.45) is 0 Å². The lowest BCUT2D eigenvalue weighted by molar-refractivity contribution is 0.668. The number of hydrogen-bond acceptors (Lipinski definition) is 3. The molecule has 46 heavy (non-hydrogen) atoms. The van der Waals surface area contributed by atoms with Gasteiger partial charge < -0.3 is 4.42 Å². The van der Waals surface area contributed by atoms with Gasteiger partial charge >= 0.3 is 0 Å². The van der Waals surface area contributed by atoms with Crippen molar-refractivity contribution >= 4 is 27.5 Å². The van der Waals surface area contributed by atoms with Crippen molar-refractivity contribution in [2.75, 3.05) is 0 Å². The molecule has 3 nitrogen and oxygen atoms in total. The lowest BCUT2D eigenvalue weighted by Crippen LogP contribution is -2.15. The Labute approximate surface area is 268 Å². The molecule has 7 aromatic rings. The second kappa shape index (κ2) is 10.9. The number of benzene rings is 6. The van der Waals surface area contributed by atoms with Gasteiger partial charge in [-0.25, -0.2) is 0 Å². The average molecular weight is 591 g/mol. The summed E-state index contributed by atoms with van der Waals surface area (Å²) in [5.41, 5.74) is 11.8. The molecule has 1 aliphatic rings. The first-order valence-corrected chi connectivity index (χ1v) is 15.4. The molecule has 1 N–H and O–H groups in total. The first-order chi connectivity index (χ1) is 22.6. The summed E-state index contributed by atoms with van der Waals surface area (Å²) in [7, 11) is 0. The van der Waals surface area contributed by atoms with Crippen molar-refractivity contribution in [1.82, 2.24) is 5.32 Å². The lowest BCUT2D eigenvalue weighted by Gasteiger charge is -2.17. The van der Waals surface area contributed by atoms with Gasteiger partial charge in [-0.3, -0.25) is 5.32 Å². The van der Waals surface area contributed by atoms with E-state index in [1.807, 2.05) is 30.3 Å². The molecule has 218 valence electrons. The summed E-state index contributed by atoms with van der Waals surface area (Å²) in [4.78, 5) is 0. The maximum absolute atomic E-state index is 9.69. The molecule has 0 aliphatic carbocycles. The number of allylic oxidation sites excluding steroid dienone is 2. The summed E-state index contributed by atoms with van der Waals surface area (Å²) < 4.78 is 6.43. The van der Waals surface area contributed by atoms with E-state index in [1.165, 1.54) is 5.56 Å². The van der Waals surface area contributed by atoms with Crippen LogP contribution in [-0.2, 0) is 5.54 Å². The van der Waals surface area contributed by atoms with E-state index in [2.05, 4.69) is 134 Å². The third-order valence-corrected chi connectivity index (χ3v) is 9.25. The fraction of sp³-hybridized carbons (Fsp3) is 0.0465. The maximum atomic E-state index is 9.69. The molecule has 2 heterocycles. The Morgan fingerprint density at radius 3 is 2.17 bits per heavy atom. The van der Waals surface area contributed by atoms with Gasteiger partial charge in [-0.2, -0.15) is 5.26 Å². The molecule has 0 amide bonds. The third kappa shape index (κ3) is 4.47. The number of nitrogens with one attached hydrogen (secondary N) is 1. The molecular weight excluding hydrogens is 560 g/mol. The summed E-state index contributed by atoms with van der Waals surface area (Å²) in [5.74, 6) is 0. The zero-order chi connectivity index (χ0) is 31.3. The van der Waals surface area contributed by atoms with E-state index in [1.54, 1.807) is 6.08 Å². The van der Waals surface area contributed by atoms with Crippen molar-refractivity contribution in [3.05, 3.63) is 187 Å². The fourth-order valence-electron chi connectivity index (χ4n) is 6.87. The predicted octanol–water partition coefficient (Wildman–Crippen LogP) is 10.6. The van der Waals surface area contributed by atoms with Crippen LogP contribution < -0.4 is 5.32 Å². The number of fused-ring (bicyclic) bond motifs is 3. The van der Waals surface area contributed by atoms with Gasteiger partial charge in [0.15, 0.2) is 0 Å². The minimum Gasteiger partial charge on any atom is -0.456 e. The van der Waals surface area contributed by atoms with Crippen molar-refractivity contribution in [1.29, 1.82) is 5.26 Å². The highest BCUT2D eigenvalue weighted by molar-refractivity contribution is 6.08. The molecular formula is C43H30N2O. The molecule has 6 aromatic carbocycles. The zero-order valence-corrected chi connectivity index (χ0v) is 25.2. The highest BCUT2D eigenvalue weighted by Crippen LogP contribution is 2.55. The Kier molecular flexibility index (Phi) is 6.53. The van der Waals surface area contributed by atoms with E-state index in [0.717, 1.165) is 66.5 Å². The Bertz CT molecular complexity index is 2360. The molecule has 0 saturated carbocycles. The molecule has 8 rings (SSSR count). The number of nitrogens with zero attached hydrogens (tertiary/aromatic N) is 1. The smallest absolute Gasteiger partial charge is 0.135 e.